The van der Waals surface area contributed by atoms with Gasteiger partial charge < -0.3 is 15.2 Å². The number of hydrogen-bond donors (Lipinski definition) is 2. The summed E-state index contributed by atoms with van der Waals surface area (Å²) in [7, 11) is 0. The number of carboxylic acids is 1. The van der Waals surface area contributed by atoms with Crippen LogP contribution in [0.2, 0.25) is 0 Å². The molecule has 0 radical (unpaired) electrons. The molecular weight excluding hydrogens is 487 g/mol. The van der Waals surface area contributed by atoms with E-state index in [-0.39, 0.29) is 23.4 Å². The highest BCUT2D eigenvalue weighted by Gasteiger charge is 2.42. The van der Waals surface area contributed by atoms with Gasteiger partial charge >= 0.3 is 18.2 Å². The molecule has 2 aromatic rings. The molecule has 1 saturated heterocycles. The normalized spacial score (nSPS) is 18.6. The summed E-state index contributed by atoms with van der Waals surface area (Å²) in [5.74, 6) is -1.57. The fourth-order valence-corrected chi connectivity index (χ4v) is 4.51. The van der Waals surface area contributed by atoms with Crippen molar-refractivity contribution in [3.05, 3.63) is 53.7 Å². The number of pyridine rings is 1. The number of carbonyl (C=O) groups excluding carboxylic acids is 2. The van der Waals surface area contributed by atoms with Crippen LogP contribution >= 0.6 is 11.8 Å². The minimum atomic E-state index is -4.60. The zero-order valence-electron chi connectivity index (χ0n) is 19.1. The molecule has 0 saturated carbocycles. The van der Waals surface area contributed by atoms with Gasteiger partial charge in [-0.3, -0.25) is 19.5 Å². The van der Waals surface area contributed by atoms with Crippen LogP contribution in [-0.2, 0) is 15.7 Å². The summed E-state index contributed by atoms with van der Waals surface area (Å²) in [5, 5.41) is 11.1. The lowest BCUT2D eigenvalue weighted by atomic mass is 10.0. The number of benzene rings is 1. The first-order chi connectivity index (χ1) is 16.3. The lowest BCUT2D eigenvalue weighted by Gasteiger charge is -2.39. The third-order valence-corrected chi connectivity index (χ3v) is 6.17. The van der Waals surface area contributed by atoms with Crippen LogP contribution in [0.5, 0.6) is 0 Å². The van der Waals surface area contributed by atoms with Gasteiger partial charge in [0, 0.05) is 29.6 Å². The largest absolute Gasteiger partial charge is 0.480 e. The predicted octanol–water partition coefficient (Wildman–Crippen LogP) is 4.26. The van der Waals surface area contributed by atoms with Gasteiger partial charge in [0.2, 0.25) is 0 Å². The quantitative estimate of drug-likeness (QED) is 0.631. The summed E-state index contributed by atoms with van der Waals surface area (Å²) in [4.78, 5) is 42.4. The van der Waals surface area contributed by atoms with Crippen molar-refractivity contribution < 1.29 is 37.4 Å². The molecular formula is C23H24F3N3O5S. The van der Waals surface area contributed by atoms with Crippen molar-refractivity contribution in [3.8, 4) is 11.3 Å². The van der Waals surface area contributed by atoms with Gasteiger partial charge in [-0.05, 0) is 45.0 Å². The number of nitrogens with one attached hydrogen (secondary N) is 1. The monoisotopic (exact) mass is 511 g/mol. The number of ether oxygens (including phenoxy) is 1. The Kier molecular flexibility index (Phi) is 7.63. The molecule has 8 nitrogen and oxygen atoms in total. The SMILES string of the molecule is CC(C)(C)OC(=O)N1CCSC(C(=O)O)C1NC(=O)c1ccc(-c2ncccc2C(F)(F)F)cc1. The second-order valence-corrected chi connectivity index (χ2v) is 9.95. The minimum absolute atomic E-state index is 0.0714. The van der Waals surface area contributed by atoms with Crippen molar-refractivity contribution in [3.63, 3.8) is 0 Å². The van der Waals surface area contributed by atoms with Gasteiger partial charge in [0.15, 0.2) is 0 Å². The second-order valence-electron chi connectivity index (χ2n) is 8.70. The number of alkyl halides is 3. The van der Waals surface area contributed by atoms with Gasteiger partial charge in [-0.2, -0.15) is 13.2 Å². The third-order valence-electron chi connectivity index (χ3n) is 4.94. The van der Waals surface area contributed by atoms with E-state index < -0.39 is 46.7 Å². The van der Waals surface area contributed by atoms with Gasteiger partial charge in [0.05, 0.1) is 11.3 Å². The number of halogens is 3. The van der Waals surface area contributed by atoms with Crippen molar-refractivity contribution >= 4 is 29.7 Å². The number of amides is 2. The maximum absolute atomic E-state index is 13.3. The molecule has 35 heavy (non-hydrogen) atoms. The highest BCUT2D eigenvalue weighted by molar-refractivity contribution is 8.00. The average Bonchev–Trinajstić information content (AvgIpc) is 2.77. The third kappa shape index (κ3) is 6.44. The fraction of sp³-hybridized carbons (Fsp3) is 0.391. The van der Waals surface area contributed by atoms with E-state index in [0.717, 1.165) is 22.7 Å². The summed E-state index contributed by atoms with van der Waals surface area (Å²) < 4.78 is 45.3. The van der Waals surface area contributed by atoms with Crippen LogP contribution in [0.15, 0.2) is 42.6 Å². The van der Waals surface area contributed by atoms with Crippen molar-refractivity contribution in [2.75, 3.05) is 12.3 Å². The number of aliphatic carboxylic acids is 1. The predicted molar refractivity (Wildman–Crippen MR) is 123 cm³/mol. The van der Waals surface area contributed by atoms with Crippen LogP contribution in [-0.4, -0.2) is 62.3 Å². The van der Waals surface area contributed by atoms with E-state index in [4.69, 9.17) is 4.74 Å². The first kappa shape index (κ1) is 26.3. The second kappa shape index (κ2) is 10.1. The first-order valence-corrected chi connectivity index (χ1v) is 11.6. The standard InChI is InChI=1S/C23H24F3N3O5S/c1-22(2,3)34-21(33)29-11-12-35-17(20(31)32)18(29)28-19(30)14-8-6-13(7-9-14)16-15(23(24,25)26)5-4-10-27-16/h4-10,17-18H,11-12H2,1-3H3,(H,28,30)(H,31,32). The highest BCUT2D eigenvalue weighted by atomic mass is 32.2. The van der Waals surface area contributed by atoms with E-state index in [0.29, 0.717) is 5.75 Å². The van der Waals surface area contributed by atoms with E-state index in [2.05, 4.69) is 10.3 Å². The molecule has 1 aliphatic rings. The maximum atomic E-state index is 13.3. The van der Waals surface area contributed by atoms with Gasteiger partial charge in [0.25, 0.3) is 5.91 Å². The van der Waals surface area contributed by atoms with Crippen molar-refractivity contribution in [1.82, 2.24) is 15.2 Å². The number of carbonyl (C=O) groups is 3. The molecule has 2 N–H and O–H groups in total. The summed E-state index contributed by atoms with van der Waals surface area (Å²) >= 11 is 1.08. The Morgan fingerprint density at radius 2 is 1.80 bits per heavy atom. The molecule has 2 amide bonds. The Hall–Kier alpha value is -3.28. The topological polar surface area (TPSA) is 109 Å². The Balaban J connectivity index is 1.84. The Morgan fingerprint density at radius 1 is 1.14 bits per heavy atom. The Labute approximate surface area is 203 Å². The molecule has 1 aromatic heterocycles. The van der Waals surface area contributed by atoms with Crippen LogP contribution < -0.4 is 5.32 Å². The first-order valence-electron chi connectivity index (χ1n) is 10.6. The fourth-order valence-electron chi connectivity index (χ4n) is 3.42. The number of nitrogens with zero attached hydrogens (tertiary/aromatic N) is 2. The average molecular weight is 512 g/mol. The lowest BCUT2D eigenvalue weighted by Crippen LogP contribution is -2.61. The van der Waals surface area contributed by atoms with Crippen LogP contribution in [0, 0.1) is 0 Å². The molecule has 12 heteroatoms. The Morgan fingerprint density at radius 3 is 2.37 bits per heavy atom. The van der Waals surface area contributed by atoms with Crippen molar-refractivity contribution in [2.24, 2.45) is 0 Å². The van der Waals surface area contributed by atoms with E-state index in [9.17, 15) is 32.7 Å². The maximum Gasteiger partial charge on any atom is 0.418 e. The van der Waals surface area contributed by atoms with Gasteiger partial charge in [-0.25, -0.2) is 4.79 Å². The molecule has 0 aliphatic carbocycles. The smallest absolute Gasteiger partial charge is 0.418 e. The molecule has 3 rings (SSSR count). The number of hydrogen-bond acceptors (Lipinski definition) is 6. The molecule has 0 spiro atoms. The van der Waals surface area contributed by atoms with Crippen molar-refractivity contribution in [2.45, 2.75) is 44.0 Å². The van der Waals surface area contributed by atoms with E-state index >= 15 is 0 Å². The van der Waals surface area contributed by atoms with E-state index in [1.165, 1.54) is 36.5 Å². The van der Waals surface area contributed by atoms with Gasteiger partial charge in [-0.1, -0.05) is 12.1 Å². The molecule has 2 atom stereocenters. The molecule has 1 fully saturated rings. The minimum Gasteiger partial charge on any atom is -0.480 e. The zero-order chi connectivity index (χ0) is 26.0. The molecule has 2 heterocycles. The highest BCUT2D eigenvalue weighted by Crippen LogP contribution is 2.35. The summed E-state index contributed by atoms with van der Waals surface area (Å²) in [6.45, 7) is 5.16. The number of rotatable bonds is 4. The van der Waals surface area contributed by atoms with Crippen LogP contribution in [0.1, 0.15) is 36.7 Å². The van der Waals surface area contributed by atoms with Crippen LogP contribution in [0.3, 0.4) is 0 Å². The van der Waals surface area contributed by atoms with E-state index in [1.54, 1.807) is 20.8 Å². The van der Waals surface area contributed by atoms with Crippen LogP contribution in [0.25, 0.3) is 11.3 Å². The number of carboxylic acid groups (broad SMARTS) is 1. The molecule has 1 aliphatic heterocycles. The van der Waals surface area contributed by atoms with E-state index in [1.807, 2.05) is 0 Å². The molecule has 1 aromatic carbocycles. The zero-order valence-corrected chi connectivity index (χ0v) is 19.9. The number of thioether (sulfide) groups is 1. The summed E-state index contributed by atoms with van der Waals surface area (Å²) in [6.07, 6.45) is -5.32. The molecule has 0 bridgehead atoms. The molecule has 2 unspecified atom stereocenters. The number of aromatic nitrogens is 1. The van der Waals surface area contributed by atoms with Crippen LogP contribution in [0.4, 0.5) is 18.0 Å². The summed E-state index contributed by atoms with van der Waals surface area (Å²) in [6, 6.07) is 7.36. The Bertz CT molecular complexity index is 1100. The lowest BCUT2D eigenvalue weighted by molar-refractivity contribution is -0.138. The summed E-state index contributed by atoms with van der Waals surface area (Å²) in [5.41, 5.74) is -1.79. The van der Waals surface area contributed by atoms with Crippen molar-refractivity contribution in [1.29, 1.82) is 0 Å². The van der Waals surface area contributed by atoms with Gasteiger partial charge in [-0.15, -0.1) is 11.8 Å². The molecule has 188 valence electrons. The van der Waals surface area contributed by atoms with Gasteiger partial charge in [0.1, 0.15) is 17.0 Å².